The van der Waals surface area contributed by atoms with Gasteiger partial charge in [-0.15, -0.1) is 0 Å². The molecule has 1 heterocycles. The van der Waals surface area contributed by atoms with Gasteiger partial charge in [-0.2, -0.15) is 0 Å². The van der Waals surface area contributed by atoms with Crippen LogP contribution in [-0.2, 0) is 11.2 Å². The van der Waals surface area contributed by atoms with E-state index in [-0.39, 0.29) is 6.10 Å². The predicted molar refractivity (Wildman–Crippen MR) is 75.1 cm³/mol. The molecule has 0 fully saturated rings. The number of hydrogen-bond acceptors (Lipinski definition) is 4. The fourth-order valence-corrected chi connectivity index (χ4v) is 2.37. The van der Waals surface area contributed by atoms with Crippen molar-refractivity contribution < 1.29 is 14.2 Å². The topological polar surface area (TPSA) is 39.7 Å². The Bertz CT molecular complexity index is 432. The molecule has 0 saturated heterocycles. The van der Waals surface area contributed by atoms with Gasteiger partial charge in [0.2, 0.25) is 0 Å². The van der Waals surface area contributed by atoms with Crippen molar-refractivity contribution in [2.45, 2.75) is 32.4 Å². The Kier molecular flexibility index (Phi) is 4.66. The van der Waals surface area contributed by atoms with E-state index in [4.69, 9.17) is 14.2 Å². The highest BCUT2D eigenvalue weighted by Crippen LogP contribution is 2.36. The third-order valence-corrected chi connectivity index (χ3v) is 3.39. The van der Waals surface area contributed by atoms with Crippen LogP contribution < -0.4 is 14.8 Å². The Balaban J connectivity index is 2.27. The minimum atomic E-state index is 0.0888. The summed E-state index contributed by atoms with van der Waals surface area (Å²) >= 11 is 0. The van der Waals surface area contributed by atoms with E-state index in [1.54, 1.807) is 14.2 Å². The average molecular weight is 265 g/mol. The number of hydrogen-bond donors (Lipinski definition) is 1. The van der Waals surface area contributed by atoms with E-state index in [2.05, 4.69) is 25.2 Å². The number of benzene rings is 1. The lowest BCUT2D eigenvalue weighted by Crippen LogP contribution is -2.31. The lowest BCUT2D eigenvalue weighted by Gasteiger charge is -2.28. The monoisotopic (exact) mass is 265 g/mol. The summed E-state index contributed by atoms with van der Waals surface area (Å²) in [6.07, 6.45) is 1.01. The van der Waals surface area contributed by atoms with Crippen molar-refractivity contribution in [2.75, 3.05) is 27.4 Å². The number of ether oxygens (including phenoxy) is 3. The first kappa shape index (κ1) is 14.2. The summed E-state index contributed by atoms with van der Waals surface area (Å²) in [6, 6.07) is 4.56. The molecule has 0 amide bonds. The van der Waals surface area contributed by atoms with E-state index in [1.807, 2.05) is 6.07 Å². The molecule has 19 heavy (non-hydrogen) atoms. The van der Waals surface area contributed by atoms with E-state index >= 15 is 0 Å². The fourth-order valence-electron chi connectivity index (χ4n) is 2.37. The molecule has 4 heteroatoms. The van der Waals surface area contributed by atoms with Crippen LogP contribution in [0.2, 0.25) is 0 Å². The zero-order valence-electron chi connectivity index (χ0n) is 12.2. The minimum absolute atomic E-state index is 0.0888. The molecule has 0 aliphatic carbocycles. The zero-order chi connectivity index (χ0) is 13.8. The number of methoxy groups -OCH3 is 2. The van der Waals surface area contributed by atoms with E-state index in [0.717, 1.165) is 31.1 Å². The van der Waals surface area contributed by atoms with Crippen LogP contribution >= 0.6 is 0 Å². The summed E-state index contributed by atoms with van der Waals surface area (Å²) in [7, 11) is 3.33. The fraction of sp³-hybridized carbons (Fsp3) is 0.600. The number of nitrogens with one attached hydrogen (secondary N) is 1. The molecule has 4 nitrogen and oxygen atoms in total. The maximum absolute atomic E-state index is 5.87. The molecule has 0 aromatic heterocycles. The Labute approximate surface area is 115 Å². The zero-order valence-corrected chi connectivity index (χ0v) is 12.2. The molecule has 1 aliphatic rings. The molecule has 1 aromatic carbocycles. The smallest absolute Gasteiger partial charge is 0.161 e. The second-order valence-corrected chi connectivity index (χ2v) is 5.08. The molecule has 2 rings (SSSR count). The molecule has 0 spiro atoms. The summed E-state index contributed by atoms with van der Waals surface area (Å²) in [5, 5.41) is 3.43. The van der Waals surface area contributed by atoms with Gasteiger partial charge in [-0.1, -0.05) is 13.8 Å². The van der Waals surface area contributed by atoms with Crippen LogP contribution in [0.4, 0.5) is 0 Å². The summed E-state index contributed by atoms with van der Waals surface area (Å²) in [4.78, 5) is 0. The maximum atomic E-state index is 5.87. The average Bonchev–Trinajstić information content (AvgIpc) is 2.43. The van der Waals surface area contributed by atoms with Crippen molar-refractivity contribution in [3.8, 4) is 11.5 Å². The van der Waals surface area contributed by atoms with E-state index in [9.17, 15) is 0 Å². The quantitative estimate of drug-likeness (QED) is 0.887. The van der Waals surface area contributed by atoms with E-state index in [1.165, 1.54) is 11.1 Å². The van der Waals surface area contributed by atoms with Crippen LogP contribution in [0.5, 0.6) is 11.5 Å². The second kappa shape index (κ2) is 6.26. The van der Waals surface area contributed by atoms with Gasteiger partial charge >= 0.3 is 0 Å². The summed E-state index contributed by atoms with van der Waals surface area (Å²) < 4.78 is 16.6. The predicted octanol–water partition coefficient (Wildman–Crippen LogP) is 2.32. The standard InChI is InChI=1S/C15H23NO3/c1-10(2)16-9-15-12-8-14(18-4)13(17-3)7-11(12)5-6-19-15/h7-8,10,15-16H,5-6,9H2,1-4H3/t15-/m1/s1. The Morgan fingerprint density at radius 2 is 1.95 bits per heavy atom. The van der Waals surface area contributed by atoms with Crippen LogP contribution in [0.25, 0.3) is 0 Å². The first-order valence-corrected chi connectivity index (χ1v) is 6.75. The summed E-state index contributed by atoms with van der Waals surface area (Å²) in [5.41, 5.74) is 2.50. The molecular formula is C15H23NO3. The molecule has 0 saturated carbocycles. The lowest BCUT2D eigenvalue weighted by molar-refractivity contribution is 0.0410. The number of rotatable bonds is 5. The van der Waals surface area contributed by atoms with Gasteiger partial charge in [-0.25, -0.2) is 0 Å². The SMILES string of the molecule is COc1cc2c(cc1OC)[C@@H](CNC(C)C)OCC2. The van der Waals surface area contributed by atoms with Crippen LogP contribution in [-0.4, -0.2) is 33.4 Å². The van der Waals surface area contributed by atoms with Crippen LogP contribution in [0.15, 0.2) is 12.1 Å². The van der Waals surface area contributed by atoms with E-state index in [0.29, 0.717) is 6.04 Å². The van der Waals surface area contributed by atoms with Crippen LogP contribution in [0, 0.1) is 0 Å². The Morgan fingerprint density at radius 3 is 2.58 bits per heavy atom. The van der Waals surface area contributed by atoms with Gasteiger partial charge in [0, 0.05) is 12.6 Å². The highest BCUT2D eigenvalue weighted by Gasteiger charge is 2.23. The van der Waals surface area contributed by atoms with E-state index < -0.39 is 0 Å². The molecule has 0 unspecified atom stereocenters. The molecule has 0 bridgehead atoms. The summed E-state index contributed by atoms with van der Waals surface area (Å²) in [6.45, 7) is 5.85. The van der Waals surface area contributed by atoms with Crippen LogP contribution in [0.1, 0.15) is 31.1 Å². The molecule has 1 aliphatic heterocycles. The maximum Gasteiger partial charge on any atom is 0.161 e. The van der Waals surface area contributed by atoms with Crippen molar-refractivity contribution in [3.05, 3.63) is 23.3 Å². The molecule has 1 atom stereocenters. The van der Waals surface area contributed by atoms with Crippen molar-refractivity contribution in [1.82, 2.24) is 5.32 Å². The van der Waals surface area contributed by atoms with Gasteiger partial charge < -0.3 is 19.5 Å². The van der Waals surface area contributed by atoms with Crippen molar-refractivity contribution in [3.63, 3.8) is 0 Å². The Morgan fingerprint density at radius 1 is 1.26 bits per heavy atom. The first-order valence-electron chi connectivity index (χ1n) is 6.75. The number of fused-ring (bicyclic) bond motifs is 1. The van der Waals surface area contributed by atoms with Gasteiger partial charge in [0.25, 0.3) is 0 Å². The van der Waals surface area contributed by atoms with Gasteiger partial charge in [0.15, 0.2) is 11.5 Å². The highest BCUT2D eigenvalue weighted by molar-refractivity contribution is 5.49. The molecule has 1 aromatic rings. The normalized spacial score (nSPS) is 18.3. The van der Waals surface area contributed by atoms with Crippen molar-refractivity contribution >= 4 is 0 Å². The van der Waals surface area contributed by atoms with Gasteiger partial charge in [0.05, 0.1) is 26.9 Å². The van der Waals surface area contributed by atoms with Crippen molar-refractivity contribution in [1.29, 1.82) is 0 Å². The third-order valence-electron chi connectivity index (χ3n) is 3.39. The lowest BCUT2D eigenvalue weighted by atomic mass is 9.96. The Hall–Kier alpha value is -1.26. The first-order chi connectivity index (χ1) is 9.15. The minimum Gasteiger partial charge on any atom is -0.493 e. The van der Waals surface area contributed by atoms with Gasteiger partial charge in [-0.05, 0) is 29.7 Å². The third kappa shape index (κ3) is 3.19. The second-order valence-electron chi connectivity index (χ2n) is 5.08. The van der Waals surface area contributed by atoms with Crippen molar-refractivity contribution in [2.24, 2.45) is 0 Å². The van der Waals surface area contributed by atoms with Crippen LogP contribution in [0.3, 0.4) is 0 Å². The molecular weight excluding hydrogens is 242 g/mol. The molecule has 1 N–H and O–H groups in total. The van der Waals surface area contributed by atoms with Gasteiger partial charge in [-0.3, -0.25) is 0 Å². The molecule has 106 valence electrons. The summed E-state index contributed by atoms with van der Waals surface area (Å²) in [5.74, 6) is 1.56. The van der Waals surface area contributed by atoms with Gasteiger partial charge in [0.1, 0.15) is 0 Å². The highest BCUT2D eigenvalue weighted by atomic mass is 16.5. The largest absolute Gasteiger partial charge is 0.493 e. The molecule has 0 radical (unpaired) electrons.